The average Bonchev–Trinajstić information content (AvgIpc) is 2.67. The summed E-state index contributed by atoms with van der Waals surface area (Å²) in [5.41, 5.74) is -1.10. The molecule has 0 saturated carbocycles. The molecule has 0 spiro atoms. The Morgan fingerprint density at radius 3 is 2.33 bits per heavy atom. The molecular weight excluding hydrogens is 392 g/mol. The minimum Gasteiger partial charge on any atom is -0.350 e. The molecule has 0 bridgehead atoms. The molecular formula is C22H27F2N3O3. The van der Waals surface area contributed by atoms with E-state index in [1.165, 1.54) is 17.3 Å². The number of carbonyl (C=O) groups is 2. The predicted octanol–water partition coefficient (Wildman–Crippen LogP) is 3.37. The van der Waals surface area contributed by atoms with E-state index < -0.39 is 28.9 Å². The molecule has 0 radical (unpaired) electrons. The molecule has 0 fully saturated rings. The molecule has 30 heavy (non-hydrogen) atoms. The van der Waals surface area contributed by atoms with Gasteiger partial charge in [-0.1, -0.05) is 13.8 Å². The number of halogens is 2. The number of hydrogen-bond donors (Lipinski definition) is 1. The van der Waals surface area contributed by atoms with Gasteiger partial charge in [0.25, 0.3) is 11.8 Å². The fourth-order valence-corrected chi connectivity index (χ4v) is 3.00. The number of pyridine rings is 1. The number of nitrogens with one attached hydrogen (secondary N) is 1. The first kappa shape index (κ1) is 23.3. The van der Waals surface area contributed by atoms with Gasteiger partial charge in [0.2, 0.25) is 5.43 Å². The van der Waals surface area contributed by atoms with Gasteiger partial charge in [-0.15, -0.1) is 0 Å². The smallest absolute Gasteiger partial charge is 0.259 e. The summed E-state index contributed by atoms with van der Waals surface area (Å²) in [7, 11) is 1.60. The summed E-state index contributed by atoms with van der Waals surface area (Å²) in [4.78, 5) is 39.8. The normalized spacial score (nSPS) is 11.1. The van der Waals surface area contributed by atoms with Crippen LogP contribution in [0.1, 0.15) is 60.0 Å². The van der Waals surface area contributed by atoms with E-state index >= 15 is 0 Å². The third-order valence-electron chi connectivity index (χ3n) is 4.55. The van der Waals surface area contributed by atoms with E-state index in [2.05, 4.69) is 5.32 Å². The zero-order valence-electron chi connectivity index (χ0n) is 17.8. The minimum absolute atomic E-state index is 0.0450. The number of rotatable bonds is 7. The monoisotopic (exact) mass is 419 g/mol. The molecule has 6 nitrogen and oxygen atoms in total. The van der Waals surface area contributed by atoms with Gasteiger partial charge in [0.1, 0.15) is 22.8 Å². The number of nitrogens with zero attached hydrogens (tertiary/aromatic N) is 2. The molecule has 1 aromatic heterocycles. The first-order chi connectivity index (χ1) is 14.0. The second-order valence-electron chi connectivity index (χ2n) is 7.95. The lowest BCUT2D eigenvalue weighted by atomic mass is 10.1. The largest absolute Gasteiger partial charge is 0.350 e. The van der Waals surface area contributed by atoms with Crippen molar-refractivity contribution < 1.29 is 18.4 Å². The lowest BCUT2D eigenvalue weighted by molar-refractivity contribution is 0.0777. The van der Waals surface area contributed by atoms with Crippen LogP contribution >= 0.6 is 0 Å². The summed E-state index contributed by atoms with van der Waals surface area (Å²) in [5.74, 6) is -2.34. The summed E-state index contributed by atoms with van der Waals surface area (Å²) >= 11 is 0. The summed E-state index contributed by atoms with van der Waals surface area (Å²) < 4.78 is 28.7. The zero-order valence-corrected chi connectivity index (χ0v) is 17.8. The summed E-state index contributed by atoms with van der Waals surface area (Å²) in [6.45, 7) is 7.75. The first-order valence-electron chi connectivity index (χ1n) is 9.74. The zero-order chi connectivity index (χ0) is 22.6. The van der Waals surface area contributed by atoms with Gasteiger partial charge in [-0.3, -0.25) is 14.4 Å². The highest BCUT2D eigenvalue weighted by Gasteiger charge is 2.22. The second-order valence-corrected chi connectivity index (χ2v) is 7.95. The number of benzene rings is 1. The molecule has 0 atom stereocenters. The van der Waals surface area contributed by atoms with Gasteiger partial charge in [0, 0.05) is 44.1 Å². The molecule has 8 heteroatoms. The molecule has 0 aliphatic carbocycles. The van der Waals surface area contributed by atoms with Gasteiger partial charge in [-0.2, -0.15) is 0 Å². The van der Waals surface area contributed by atoms with Crippen LogP contribution < -0.4 is 10.7 Å². The van der Waals surface area contributed by atoms with E-state index in [1.54, 1.807) is 11.6 Å². The van der Waals surface area contributed by atoms with Crippen LogP contribution in [0.4, 0.5) is 8.78 Å². The van der Waals surface area contributed by atoms with Gasteiger partial charge < -0.3 is 14.8 Å². The number of hydrogen-bond acceptors (Lipinski definition) is 3. The van der Waals surface area contributed by atoms with Crippen LogP contribution in [0, 0.1) is 17.6 Å². The number of carbonyl (C=O) groups excluding carboxylic acids is 2. The van der Waals surface area contributed by atoms with Crippen LogP contribution in [-0.2, 0) is 6.54 Å². The van der Waals surface area contributed by atoms with Crippen molar-refractivity contribution >= 4 is 11.8 Å². The standard InChI is InChI=1S/C22H27F2N3O3/c1-13(2)10-26(5)22(30)18-12-27(14(3)4)11-17(20(18)28)21(29)25-9-15-8-16(23)6-7-19(15)24/h6-8,11-14H,9-10H2,1-5H3,(H,25,29). The Bertz CT molecular complexity index is 1000. The molecule has 0 unspecified atom stereocenters. The lowest BCUT2D eigenvalue weighted by Crippen LogP contribution is -2.37. The van der Waals surface area contributed by atoms with Crippen molar-refractivity contribution in [1.82, 2.24) is 14.8 Å². The maximum Gasteiger partial charge on any atom is 0.259 e. The van der Waals surface area contributed by atoms with Crippen LogP contribution in [0.5, 0.6) is 0 Å². The first-order valence-corrected chi connectivity index (χ1v) is 9.74. The molecule has 1 heterocycles. The molecule has 0 saturated heterocycles. The summed E-state index contributed by atoms with van der Waals surface area (Å²) in [6.07, 6.45) is 2.80. The summed E-state index contributed by atoms with van der Waals surface area (Å²) in [6, 6.07) is 2.81. The van der Waals surface area contributed by atoms with E-state index in [0.717, 1.165) is 18.2 Å². The van der Waals surface area contributed by atoms with Gasteiger partial charge in [-0.05, 0) is 38.0 Å². The fraction of sp³-hybridized carbons (Fsp3) is 0.409. The molecule has 1 aromatic carbocycles. The highest BCUT2D eigenvalue weighted by Crippen LogP contribution is 2.12. The van der Waals surface area contributed by atoms with Crippen molar-refractivity contribution in [2.45, 2.75) is 40.3 Å². The third kappa shape index (κ3) is 5.52. The molecule has 2 amide bonds. The van der Waals surface area contributed by atoms with Gasteiger partial charge in [-0.25, -0.2) is 8.78 Å². The highest BCUT2D eigenvalue weighted by molar-refractivity contribution is 5.99. The maximum atomic E-state index is 13.8. The molecule has 2 aromatic rings. The van der Waals surface area contributed by atoms with Crippen molar-refractivity contribution in [3.05, 3.63) is 69.1 Å². The second kappa shape index (κ2) is 9.65. The van der Waals surface area contributed by atoms with Gasteiger partial charge in [0.15, 0.2) is 0 Å². The van der Waals surface area contributed by atoms with Gasteiger partial charge >= 0.3 is 0 Å². The van der Waals surface area contributed by atoms with Gasteiger partial charge in [0.05, 0.1) is 0 Å². The molecule has 162 valence electrons. The van der Waals surface area contributed by atoms with E-state index in [-0.39, 0.29) is 35.2 Å². The molecule has 0 aliphatic heterocycles. The van der Waals surface area contributed by atoms with Crippen molar-refractivity contribution in [2.24, 2.45) is 5.92 Å². The van der Waals surface area contributed by atoms with Crippen LogP contribution in [0.25, 0.3) is 0 Å². The third-order valence-corrected chi connectivity index (χ3v) is 4.55. The fourth-order valence-electron chi connectivity index (χ4n) is 3.00. The number of amides is 2. The predicted molar refractivity (Wildman–Crippen MR) is 110 cm³/mol. The van der Waals surface area contributed by atoms with Crippen molar-refractivity contribution in [3.8, 4) is 0 Å². The Morgan fingerprint density at radius 1 is 1.10 bits per heavy atom. The molecule has 1 N–H and O–H groups in total. The maximum absolute atomic E-state index is 13.8. The van der Waals surface area contributed by atoms with Crippen LogP contribution in [-0.4, -0.2) is 34.9 Å². The summed E-state index contributed by atoms with van der Waals surface area (Å²) in [5, 5.41) is 2.43. The SMILES string of the molecule is CC(C)CN(C)C(=O)c1cn(C(C)C)cc(C(=O)NCc2cc(F)ccc2F)c1=O. The Labute approximate surface area is 174 Å². The van der Waals surface area contributed by atoms with Crippen molar-refractivity contribution in [2.75, 3.05) is 13.6 Å². The Balaban J connectivity index is 2.37. The van der Waals surface area contributed by atoms with E-state index in [4.69, 9.17) is 0 Å². The van der Waals surface area contributed by atoms with Crippen LogP contribution in [0.3, 0.4) is 0 Å². The molecule has 2 rings (SSSR count). The average molecular weight is 419 g/mol. The van der Waals surface area contributed by atoms with Crippen molar-refractivity contribution in [1.29, 1.82) is 0 Å². The van der Waals surface area contributed by atoms with E-state index in [1.807, 2.05) is 27.7 Å². The quantitative estimate of drug-likeness (QED) is 0.748. The van der Waals surface area contributed by atoms with E-state index in [9.17, 15) is 23.2 Å². The van der Waals surface area contributed by atoms with E-state index in [0.29, 0.717) is 6.54 Å². The Morgan fingerprint density at radius 2 is 1.73 bits per heavy atom. The molecule has 0 aliphatic rings. The minimum atomic E-state index is -0.765. The van der Waals surface area contributed by atoms with Crippen LogP contribution in [0.15, 0.2) is 35.4 Å². The van der Waals surface area contributed by atoms with Crippen LogP contribution in [0.2, 0.25) is 0 Å². The van der Waals surface area contributed by atoms with Crippen molar-refractivity contribution in [3.63, 3.8) is 0 Å². The Kier molecular flexibility index (Phi) is 7.48. The Hall–Kier alpha value is -3.03. The topological polar surface area (TPSA) is 71.4 Å². The lowest BCUT2D eigenvalue weighted by Gasteiger charge is -2.21. The highest BCUT2D eigenvalue weighted by atomic mass is 19.1. The number of aromatic nitrogens is 1.